The zero-order chi connectivity index (χ0) is 12.4. The smallest absolute Gasteiger partial charge is 0.129 e. The Balaban J connectivity index is 2.32. The van der Waals surface area contributed by atoms with Gasteiger partial charge in [0.2, 0.25) is 0 Å². The van der Waals surface area contributed by atoms with Crippen molar-refractivity contribution in [2.24, 2.45) is 0 Å². The lowest BCUT2D eigenvalue weighted by Gasteiger charge is -2.10. The Bertz CT molecular complexity index is 691. The number of rotatable bonds is 3. The lowest BCUT2D eigenvalue weighted by atomic mass is 10.1. The largest absolute Gasteiger partial charge is 0.493 e. The Morgan fingerprint density at radius 3 is 2.72 bits per heavy atom. The molecule has 0 fully saturated rings. The molecule has 0 aliphatic heterocycles. The van der Waals surface area contributed by atoms with Crippen LogP contribution >= 0.6 is 0 Å². The fourth-order valence-electron chi connectivity index (χ4n) is 2.21. The first kappa shape index (κ1) is 11.0. The van der Waals surface area contributed by atoms with Gasteiger partial charge in [-0.25, -0.2) is 0 Å². The van der Waals surface area contributed by atoms with E-state index in [0.29, 0.717) is 0 Å². The van der Waals surface area contributed by atoms with Crippen molar-refractivity contribution in [3.63, 3.8) is 0 Å². The highest BCUT2D eigenvalue weighted by Gasteiger charge is 2.07. The van der Waals surface area contributed by atoms with Gasteiger partial charge in [0, 0.05) is 11.6 Å². The standard InChI is InChI=1S/C16H15NO/c1-2-11-18-14-7-3-5-12-8-9-13-6-4-10-17-16(13)15(12)14/h3-10H,2,11H2,1H3. The summed E-state index contributed by atoms with van der Waals surface area (Å²) in [5.74, 6) is 0.929. The number of fused-ring (bicyclic) bond motifs is 3. The molecule has 0 bridgehead atoms. The van der Waals surface area contributed by atoms with E-state index in [2.05, 4.69) is 36.2 Å². The van der Waals surface area contributed by atoms with Crippen LogP contribution < -0.4 is 4.74 Å². The predicted octanol–water partition coefficient (Wildman–Crippen LogP) is 4.18. The zero-order valence-electron chi connectivity index (χ0n) is 10.4. The molecule has 0 atom stereocenters. The van der Waals surface area contributed by atoms with Crippen LogP contribution in [0.25, 0.3) is 21.7 Å². The molecule has 0 amide bonds. The second-order valence-corrected chi connectivity index (χ2v) is 4.34. The van der Waals surface area contributed by atoms with Gasteiger partial charge >= 0.3 is 0 Å². The molecule has 1 heterocycles. The molecule has 3 aromatic rings. The molecule has 0 saturated heterocycles. The molecule has 0 unspecified atom stereocenters. The molecule has 1 aromatic heterocycles. The number of nitrogens with zero attached hydrogens (tertiary/aromatic N) is 1. The molecular weight excluding hydrogens is 222 g/mol. The quantitative estimate of drug-likeness (QED) is 0.637. The van der Waals surface area contributed by atoms with Gasteiger partial charge in [0.05, 0.1) is 17.5 Å². The SMILES string of the molecule is CCCOc1cccc2ccc3cccnc3c12. The summed E-state index contributed by atoms with van der Waals surface area (Å²) in [6, 6.07) is 14.4. The van der Waals surface area contributed by atoms with Crippen LogP contribution in [0.3, 0.4) is 0 Å². The molecule has 18 heavy (non-hydrogen) atoms. The predicted molar refractivity (Wildman–Crippen MR) is 75.0 cm³/mol. The number of aromatic nitrogens is 1. The molecule has 2 nitrogen and oxygen atoms in total. The third-order valence-electron chi connectivity index (χ3n) is 3.04. The maximum absolute atomic E-state index is 5.84. The summed E-state index contributed by atoms with van der Waals surface area (Å²) < 4.78 is 5.84. The number of pyridine rings is 1. The topological polar surface area (TPSA) is 22.1 Å². The van der Waals surface area contributed by atoms with Gasteiger partial charge in [0.25, 0.3) is 0 Å². The first-order valence-electron chi connectivity index (χ1n) is 6.29. The minimum Gasteiger partial charge on any atom is -0.493 e. The highest BCUT2D eigenvalue weighted by Crippen LogP contribution is 2.31. The van der Waals surface area contributed by atoms with Crippen LogP contribution in [-0.2, 0) is 0 Å². The van der Waals surface area contributed by atoms with Crippen LogP contribution in [0.4, 0.5) is 0 Å². The molecule has 2 aromatic carbocycles. The fourth-order valence-corrected chi connectivity index (χ4v) is 2.21. The Kier molecular flexibility index (Phi) is 2.85. The summed E-state index contributed by atoms with van der Waals surface area (Å²) in [5, 5.41) is 3.44. The van der Waals surface area contributed by atoms with Crippen molar-refractivity contribution in [1.29, 1.82) is 0 Å². The molecule has 3 rings (SSSR count). The first-order valence-corrected chi connectivity index (χ1v) is 6.29. The van der Waals surface area contributed by atoms with Crippen LogP contribution in [0.1, 0.15) is 13.3 Å². The zero-order valence-corrected chi connectivity index (χ0v) is 10.4. The summed E-state index contributed by atoms with van der Waals surface area (Å²) in [6.45, 7) is 2.85. The highest BCUT2D eigenvalue weighted by atomic mass is 16.5. The van der Waals surface area contributed by atoms with E-state index in [1.807, 2.05) is 24.4 Å². The van der Waals surface area contributed by atoms with E-state index in [9.17, 15) is 0 Å². The molecule has 0 spiro atoms. The molecule has 0 radical (unpaired) electrons. The molecule has 0 N–H and O–H groups in total. The number of ether oxygens (including phenoxy) is 1. The third-order valence-corrected chi connectivity index (χ3v) is 3.04. The average molecular weight is 237 g/mol. The van der Waals surface area contributed by atoms with E-state index in [1.165, 1.54) is 5.39 Å². The van der Waals surface area contributed by atoms with Crippen LogP contribution in [-0.4, -0.2) is 11.6 Å². The van der Waals surface area contributed by atoms with Crippen molar-refractivity contribution < 1.29 is 4.74 Å². The van der Waals surface area contributed by atoms with Crippen molar-refractivity contribution >= 4 is 21.7 Å². The van der Waals surface area contributed by atoms with E-state index >= 15 is 0 Å². The highest BCUT2D eigenvalue weighted by molar-refractivity contribution is 6.08. The lowest BCUT2D eigenvalue weighted by Crippen LogP contribution is -1.96. The van der Waals surface area contributed by atoms with Gasteiger partial charge < -0.3 is 4.74 Å². The second-order valence-electron chi connectivity index (χ2n) is 4.34. The van der Waals surface area contributed by atoms with Crippen molar-refractivity contribution in [3.8, 4) is 5.75 Å². The van der Waals surface area contributed by atoms with Crippen LogP contribution in [0.2, 0.25) is 0 Å². The minimum absolute atomic E-state index is 0.738. The molecular formula is C16H15NO. The van der Waals surface area contributed by atoms with E-state index in [4.69, 9.17) is 4.74 Å². The average Bonchev–Trinajstić information content (AvgIpc) is 2.44. The molecule has 0 aliphatic carbocycles. The van der Waals surface area contributed by atoms with Gasteiger partial charge in [-0.05, 0) is 23.9 Å². The van der Waals surface area contributed by atoms with Crippen molar-refractivity contribution in [2.45, 2.75) is 13.3 Å². The van der Waals surface area contributed by atoms with E-state index in [-0.39, 0.29) is 0 Å². The summed E-state index contributed by atoms with van der Waals surface area (Å²) in [5.41, 5.74) is 1.02. The van der Waals surface area contributed by atoms with Gasteiger partial charge in [-0.2, -0.15) is 0 Å². The van der Waals surface area contributed by atoms with Gasteiger partial charge in [-0.15, -0.1) is 0 Å². The van der Waals surface area contributed by atoms with E-state index in [1.54, 1.807) is 0 Å². The lowest BCUT2D eigenvalue weighted by molar-refractivity contribution is 0.321. The second kappa shape index (κ2) is 4.65. The van der Waals surface area contributed by atoms with Crippen LogP contribution in [0.15, 0.2) is 48.7 Å². The molecule has 0 aliphatic rings. The van der Waals surface area contributed by atoms with Crippen LogP contribution in [0.5, 0.6) is 5.75 Å². The maximum Gasteiger partial charge on any atom is 0.129 e. The van der Waals surface area contributed by atoms with E-state index < -0.39 is 0 Å². The third kappa shape index (κ3) is 1.80. The maximum atomic E-state index is 5.84. The summed E-state index contributed by atoms with van der Waals surface area (Å²) in [4.78, 5) is 4.50. The van der Waals surface area contributed by atoms with Crippen molar-refractivity contribution in [3.05, 3.63) is 48.7 Å². The summed E-state index contributed by atoms with van der Waals surface area (Å²) in [7, 11) is 0. The van der Waals surface area contributed by atoms with Gasteiger partial charge in [-0.1, -0.05) is 37.3 Å². The molecule has 0 saturated carbocycles. The Labute approximate surface area is 106 Å². The number of hydrogen-bond donors (Lipinski definition) is 0. The first-order chi connectivity index (χ1) is 8.90. The Morgan fingerprint density at radius 1 is 1.00 bits per heavy atom. The van der Waals surface area contributed by atoms with Crippen molar-refractivity contribution in [1.82, 2.24) is 4.98 Å². The van der Waals surface area contributed by atoms with Crippen molar-refractivity contribution in [2.75, 3.05) is 6.61 Å². The summed E-state index contributed by atoms with van der Waals surface area (Å²) in [6.07, 6.45) is 2.84. The molecule has 90 valence electrons. The van der Waals surface area contributed by atoms with Gasteiger partial charge in [-0.3, -0.25) is 4.98 Å². The monoisotopic (exact) mass is 237 g/mol. The minimum atomic E-state index is 0.738. The molecule has 2 heteroatoms. The number of hydrogen-bond acceptors (Lipinski definition) is 2. The fraction of sp³-hybridized carbons (Fsp3) is 0.188. The Morgan fingerprint density at radius 2 is 1.83 bits per heavy atom. The van der Waals surface area contributed by atoms with Crippen LogP contribution in [0, 0.1) is 0 Å². The van der Waals surface area contributed by atoms with Gasteiger partial charge in [0.15, 0.2) is 0 Å². The van der Waals surface area contributed by atoms with Gasteiger partial charge in [0.1, 0.15) is 5.75 Å². The van der Waals surface area contributed by atoms with E-state index in [0.717, 1.165) is 35.1 Å². The number of benzene rings is 2. The normalized spacial score (nSPS) is 10.9. The Hall–Kier alpha value is -2.09. The summed E-state index contributed by atoms with van der Waals surface area (Å²) >= 11 is 0.